The van der Waals surface area contributed by atoms with Crippen molar-refractivity contribution < 1.29 is 9.59 Å². The Labute approximate surface area is 198 Å². The second-order valence-corrected chi connectivity index (χ2v) is 9.31. The Morgan fingerprint density at radius 3 is 2.16 bits per heavy atom. The van der Waals surface area contributed by atoms with Gasteiger partial charge in [-0.15, -0.1) is 0 Å². The molecule has 0 aliphatic carbocycles. The molecular weight excluding hydrogens is 418 g/mol. The van der Waals surface area contributed by atoms with Crippen LogP contribution in [0.25, 0.3) is 0 Å². The third-order valence-corrected chi connectivity index (χ3v) is 5.73. The molecule has 1 atom stereocenters. The molecule has 1 rings (SSSR count). The van der Waals surface area contributed by atoms with E-state index in [0.29, 0.717) is 5.75 Å². The number of hydrazine groups is 1. The van der Waals surface area contributed by atoms with Gasteiger partial charge in [0.25, 0.3) is 5.91 Å². The number of benzene rings is 1. The molecule has 0 aliphatic heterocycles. The summed E-state index contributed by atoms with van der Waals surface area (Å²) in [6.45, 7) is 10.0. The zero-order valence-corrected chi connectivity index (χ0v) is 21.0. The Morgan fingerprint density at radius 1 is 0.906 bits per heavy atom. The highest BCUT2D eigenvalue weighted by Crippen LogP contribution is 2.13. The smallest absolute Gasteiger partial charge is 0.261 e. The molecule has 0 aliphatic rings. The number of nitrogens with one attached hydrogen (secondary N) is 3. The first-order valence-electron chi connectivity index (χ1n) is 11.2. The van der Waals surface area contributed by atoms with Crippen LogP contribution in [0.1, 0.15) is 60.3 Å². The molecule has 0 unspecified atom stereocenters. The van der Waals surface area contributed by atoms with E-state index in [1.54, 1.807) is 11.8 Å². The van der Waals surface area contributed by atoms with E-state index in [9.17, 15) is 9.59 Å². The van der Waals surface area contributed by atoms with Crippen molar-refractivity contribution >= 4 is 29.3 Å². The van der Waals surface area contributed by atoms with E-state index < -0.39 is 6.04 Å². The SMILES string of the molecule is CC(=O)N[C@@H](CSCC=C(C)CCC=C(C)CCC=C(C)C)C(=O)NNc1ccccc1. The van der Waals surface area contributed by atoms with E-state index in [4.69, 9.17) is 0 Å². The van der Waals surface area contributed by atoms with Crippen LogP contribution in [0.5, 0.6) is 0 Å². The van der Waals surface area contributed by atoms with Gasteiger partial charge in [-0.2, -0.15) is 11.8 Å². The number of amides is 2. The van der Waals surface area contributed by atoms with Crippen LogP contribution in [0.4, 0.5) is 5.69 Å². The molecule has 2 amide bonds. The van der Waals surface area contributed by atoms with E-state index in [0.717, 1.165) is 37.1 Å². The number of rotatable bonds is 14. The van der Waals surface area contributed by atoms with Gasteiger partial charge < -0.3 is 5.32 Å². The molecule has 0 heterocycles. The maximum atomic E-state index is 12.5. The van der Waals surface area contributed by atoms with Crippen LogP contribution in [0.3, 0.4) is 0 Å². The van der Waals surface area contributed by atoms with E-state index in [-0.39, 0.29) is 11.8 Å². The van der Waals surface area contributed by atoms with Crippen LogP contribution in [-0.4, -0.2) is 29.4 Å². The van der Waals surface area contributed by atoms with Crippen molar-refractivity contribution in [3.8, 4) is 0 Å². The van der Waals surface area contributed by atoms with Gasteiger partial charge in [-0.3, -0.25) is 20.4 Å². The fourth-order valence-electron chi connectivity index (χ4n) is 2.90. The van der Waals surface area contributed by atoms with Crippen LogP contribution < -0.4 is 16.2 Å². The minimum absolute atomic E-state index is 0.219. The molecule has 6 heteroatoms. The first kappa shape index (κ1) is 27.6. The summed E-state index contributed by atoms with van der Waals surface area (Å²) < 4.78 is 0. The molecule has 0 fully saturated rings. The van der Waals surface area contributed by atoms with Crippen molar-refractivity contribution in [3.63, 3.8) is 0 Å². The number of anilines is 1. The maximum absolute atomic E-state index is 12.5. The largest absolute Gasteiger partial charge is 0.344 e. The van der Waals surface area contributed by atoms with Gasteiger partial charge in [0.05, 0.1) is 5.69 Å². The highest BCUT2D eigenvalue weighted by atomic mass is 32.2. The fourth-order valence-corrected chi connectivity index (χ4v) is 3.91. The van der Waals surface area contributed by atoms with Crippen molar-refractivity contribution in [2.75, 3.05) is 16.9 Å². The number of para-hydroxylation sites is 1. The summed E-state index contributed by atoms with van der Waals surface area (Å²) in [4.78, 5) is 24.0. The molecule has 0 saturated heterocycles. The monoisotopic (exact) mass is 457 g/mol. The molecule has 5 nitrogen and oxygen atoms in total. The standard InChI is InChI=1S/C26H39N3O2S/c1-20(2)11-9-12-21(3)13-10-14-22(4)17-18-32-19-25(27-23(5)30)26(31)29-28-24-15-7-6-8-16-24/h6-8,11,13,15-17,25,28H,9-10,12,14,18-19H2,1-5H3,(H,27,30)(H,29,31)/t25-/m0/s1. The fraction of sp³-hybridized carbons (Fsp3) is 0.462. The van der Waals surface area contributed by atoms with Crippen molar-refractivity contribution in [1.82, 2.24) is 10.7 Å². The van der Waals surface area contributed by atoms with Crippen molar-refractivity contribution in [2.45, 2.75) is 66.3 Å². The third kappa shape index (κ3) is 13.8. The van der Waals surface area contributed by atoms with Gasteiger partial charge in [0.15, 0.2) is 0 Å². The Bertz CT molecular complexity index is 797. The summed E-state index contributed by atoms with van der Waals surface area (Å²) in [5.41, 5.74) is 10.5. The van der Waals surface area contributed by atoms with E-state index in [1.165, 1.54) is 23.6 Å². The van der Waals surface area contributed by atoms with E-state index in [1.807, 2.05) is 30.3 Å². The number of hydrogen-bond acceptors (Lipinski definition) is 4. The molecule has 1 aromatic carbocycles. The lowest BCUT2D eigenvalue weighted by molar-refractivity contribution is -0.127. The predicted molar refractivity (Wildman–Crippen MR) is 139 cm³/mol. The van der Waals surface area contributed by atoms with Gasteiger partial charge in [0.2, 0.25) is 5.91 Å². The molecule has 3 N–H and O–H groups in total. The van der Waals surface area contributed by atoms with E-state index in [2.05, 4.69) is 62.1 Å². The second kappa shape index (κ2) is 16.2. The van der Waals surface area contributed by atoms with Gasteiger partial charge >= 0.3 is 0 Å². The lowest BCUT2D eigenvalue weighted by atomic mass is 10.1. The molecule has 176 valence electrons. The summed E-state index contributed by atoms with van der Waals surface area (Å²) in [7, 11) is 0. The van der Waals surface area contributed by atoms with Gasteiger partial charge in [0.1, 0.15) is 6.04 Å². The summed E-state index contributed by atoms with van der Waals surface area (Å²) in [5.74, 6) is 0.842. The van der Waals surface area contributed by atoms with Gasteiger partial charge in [-0.05, 0) is 65.5 Å². The number of hydrogen-bond donors (Lipinski definition) is 3. The summed E-state index contributed by atoms with van der Waals surface area (Å²) in [5, 5.41) is 2.73. The maximum Gasteiger partial charge on any atom is 0.261 e. The summed E-state index contributed by atoms with van der Waals surface area (Å²) in [6.07, 6.45) is 11.1. The van der Waals surface area contributed by atoms with Crippen LogP contribution in [0, 0.1) is 0 Å². The number of carbonyl (C=O) groups is 2. The number of thioether (sulfide) groups is 1. The lowest BCUT2D eigenvalue weighted by Crippen LogP contribution is -2.49. The first-order valence-corrected chi connectivity index (χ1v) is 12.3. The Balaban J connectivity index is 2.38. The molecule has 0 bridgehead atoms. The zero-order valence-electron chi connectivity index (χ0n) is 20.2. The number of allylic oxidation sites excluding steroid dienone is 5. The lowest BCUT2D eigenvalue weighted by Gasteiger charge is -2.18. The highest BCUT2D eigenvalue weighted by Gasteiger charge is 2.19. The minimum atomic E-state index is -0.589. The Hall–Kier alpha value is -2.47. The molecular formula is C26H39N3O2S. The topological polar surface area (TPSA) is 70.2 Å². The first-order chi connectivity index (χ1) is 15.3. The predicted octanol–water partition coefficient (Wildman–Crippen LogP) is 5.79. The molecule has 0 saturated carbocycles. The van der Waals surface area contributed by atoms with Gasteiger partial charge in [0, 0.05) is 18.4 Å². The van der Waals surface area contributed by atoms with Crippen LogP contribution in [0.15, 0.2) is 65.3 Å². The molecule has 1 aromatic rings. The number of carbonyl (C=O) groups excluding carboxylic acids is 2. The Kier molecular flexibility index (Phi) is 14.0. The average Bonchev–Trinajstić information content (AvgIpc) is 2.74. The second-order valence-electron chi connectivity index (χ2n) is 8.23. The molecule has 0 spiro atoms. The summed E-state index contributed by atoms with van der Waals surface area (Å²) >= 11 is 1.63. The van der Waals surface area contributed by atoms with Crippen LogP contribution in [-0.2, 0) is 9.59 Å². The zero-order chi connectivity index (χ0) is 23.8. The van der Waals surface area contributed by atoms with Gasteiger partial charge in [-0.25, -0.2) is 0 Å². The van der Waals surface area contributed by atoms with Crippen molar-refractivity contribution in [3.05, 3.63) is 65.3 Å². The molecule has 0 aromatic heterocycles. The molecule has 32 heavy (non-hydrogen) atoms. The van der Waals surface area contributed by atoms with E-state index >= 15 is 0 Å². The van der Waals surface area contributed by atoms with Crippen LogP contribution in [0.2, 0.25) is 0 Å². The highest BCUT2D eigenvalue weighted by molar-refractivity contribution is 7.99. The quantitative estimate of drug-likeness (QED) is 0.188. The van der Waals surface area contributed by atoms with Crippen LogP contribution >= 0.6 is 11.8 Å². The average molecular weight is 458 g/mol. The molecule has 0 radical (unpaired) electrons. The Morgan fingerprint density at radius 2 is 1.53 bits per heavy atom. The third-order valence-electron chi connectivity index (χ3n) is 4.75. The minimum Gasteiger partial charge on any atom is -0.344 e. The van der Waals surface area contributed by atoms with Gasteiger partial charge in [-0.1, -0.05) is 53.1 Å². The van der Waals surface area contributed by atoms with Crippen molar-refractivity contribution in [1.29, 1.82) is 0 Å². The van der Waals surface area contributed by atoms with Crippen molar-refractivity contribution in [2.24, 2.45) is 0 Å². The summed E-state index contributed by atoms with van der Waals surface area (Å²) in [6, 6.07) is 8.79. The normalized spacial score (nSPS) is 12.7.